The Morgan fingerprint density at radius 2 is 1.78 bits per heavy atom. The number of carbonyl (C=O) groups excluding carboxylic acids is 1. The van der Waals surface area contributed by atoms with Gasteiger partial charge in [0.25, 0.3) is 0 Å². The molecule has 8 heteroatoms. The quantitative estimate of drug-likeness (QED) is 0.424. The zero-order valence-corrected chi connectivity index (χ0v) is 21.8. The molecule has 1 aromatic heterocycles. The summed E-state index contributed by atoms with van der Waals surface area (Å²) in [6.07, 6.45) is 0.617. The standard InChI is InChI=1S/C28H37FN4O3/c1-28(2,3)26(33(17-22(29)15-30)25(34)19-35-4)27-31-24(21-11-13-23(36-5)14-12-21)18-32(27)16-20-9-7-6-8-10-20/h6-14,18,22,26H,15-17,19,30H2,1-5H3/t22?,26-/m0/s1. The summed E-state index contributed by atoms with van der Waals surface area (Å²) in [5, 5.41) is 0. The number of alkyl halides is 1. The lowest BCUT2D eigenvalue weighted by molar-refractivity contribution is -0.141. The molecule has 3 rings (SSSR count). The summed E-state index contributed by atoms with van der Waals surface area (Å²) < 4.78 is 27.1. The SMILES string of the molecule is COCC(=O)N(CC(F)CN)[C@@H](c1nc(-c2ccc(OC)cc2)cn1Cc1ccccc1)C(C)(C)C. The van der Waals surface area contributed by atoms with Gasteiger partial charge in [-0.3, -0.25) is 4.79 Å². The molecule has 0 aliphatic heterocycles. The second-order valence-electron chi connectivity index (χ2n) is 9.91. The van der Waals surface area contributed by atoms with Crippen molar-refractivity contribution in [1.82, 2.24) is 14.5 Å². The van der Waals surface area contributed by atoms with E-state index in [1.807, 2.05) is 86.1 Å². The summed E-state index contributed by atoms with van der Waals surface area (Å²) in [5.41, 5.74) is 7.90. The van der Waals surface area contributed by atoms with Gasteiger partial charge in [0.05, 0.1) is 25.4 Å². The van der Waals surface area contributed by atoms with Crippen molar-refractivity contribution >= 4 is 5.91 Å². The van der Waals surface area contributed by atoms with Crippen molar-refractivity contribution in [2.75, 3.05) is 33.9 Å². The number of amides is 1. The van der Waals surface area contributed by atoms with Gasteiger partial charge in [0, 0.05) is 32.0 Å². The van der Waals surface area contributed by atoms with E-state index in [2.05, 4.69) is 0 Å². The number of carbonyl (C=O) groups is 1. The number of rotatable bonds is 11. The molecule has 0 aliphatic rings. The van der Waals surface area contributed by atoms with E-state index in [0.29, 0.717) is 12.4 Å². The van der Waals surface area contributed by atoms with Gasteiger partial charge < -0.3 is 24.7 Å². The van der Waals surface area contributed by atoms with Gasteiger partial charge in [-0.1, -0.05) is 51.1 Å². The number of methoxy groups -OCH3 is 2. The molecule has 2 aromatic carbocycles. The average Bonchev–Trinajstić information content (AvgIpc) is 3.26. The van der Waals surface area contributed by atoms with Crippen LogP contribution in [0, 0.1) is 5.41 Å². The van der Waals surface area contributed by atoms with Crippen molar-refractivity contribution in [3.05, 3.63) is 72.2 Å². The molecule has 3 aromatic rings. The van der Waals surface area contributed by atoms with E-state index in [4.69, 9.17) is 20.2 Å². The summed E-state index contributed by atoms with van der Waals surface area (Å²) in [7, 11) is 3.08. The van der Waals surface area contributed by atoms with Crippen LogP contribution in [0.1, 0.15) is 38.2 Å². The fourth-order valence-electron chi connectivity index (χ4n) is 4.30. The zero-order chi connectivity index (χ0) is 26.3. The molecule has 2 N–H and O–H groups in total. The van der Waals surface area contributed by atoms with Crippen LogP contribution in [-0.2, 0) is 16.1 Å². The predicted molar refractivity (Wildman–Crippen MR) is 139 cm³/mol. The van der Waals surface area contributed by atoms with E-state index in [1.165, 1.54) is 12.0 Å². The van der Waals surface area contributed by atoms with Crippen LogP contribution >= 0.6 is 0 Å². The Morgan fingerprint density at radius 3 is 2.33 bits per heavy atom. The number of ether oxygens (including phenoxy) is 2. The van der Waals surface area contributed by atoms with Crippen molar-refractivity contribution < 1.29 is 18.7 Å². The number of nitrogens with zero attached hydrogens (tertiary/aromatic N) is 3. The van der Waals surface area contributed by atoms with Gasteiger partial charge >= 0.3 is 0 Å². The third-order valence-corrected chi connectivity index (χ3v) is 6.00. The predicted octanol–water partition coefficient (Wildman–Crippen LogP) is 4.47. The van der Waals surface area contributed by atoms with E-state index >= 15 is 0 Å². The van der Waals surface area contributed by atoms with Crippen LogP contribution in [-0.4, -0.2) is 60.4 Å². The molecule has 0 bridgehead atoms. The van der Waals surface area contributed by atoms with E-state index in [1.54, 1.807) is 7.11 Å². The molecule has 0 saturated carbocycles. The Hall–Kier alpha value is -3.23. The molecular formula is C28H37FN4O3. The van der Waals surface area contributed by atoms with Gasteiger partial charge in [-0.05, 0) is 35.2 Å². The minimum atomic E-state index is -1.37. The van der Waals surface area contributed by atoms with Crippen molar-refractivity contribution in [3.63, 3.8) is 0 Å². The van der Waals surface area contributed by atoms with Crippen molar-refractivity contribution in [3.8, 4) is 17.0 Å². The molecule has 36 heavy (non-hydrogen) atoms. The van der Waals surface area contributed by atoms with Crippen LogP contribution in [0.2, 0.25) is 0 Å². The summed E-state index contributed by atoms with van der Waals surface area (Å²) in [6.45, 7) is 6.14. The molecule has 0 saturated heterocycles. The number of aromatic nitrogens is 2. The van der Waals surface area contributed by atoms with Crippen molar-refractivity contribution in [2.24, 2.45) is 11.1 Å². The molecule has 7 nitrogen and oxygen atoms in total. The fraction of sp³-hybridized carbons (Fsp3) is 0.429. The summed E-state index contributed by atoms with van der Waals surface area (Å²) in [5.74, 6) is 1.11. The van der Waals surface area contributed by atoms with E-state index < -0.39 is 17.6 Å². The van der Waals surface area contributed by atoms with Gasteiger partial charge in [0.2, 0.25) is 5.91 Å². The number of imidazole rings is 1. The lowest BCUT2D eigenvalue weighted by Gasteiger charge is -2.40. The molecular weight excluding hydrogens is 459 g/mol. The van der Waals surface area contributed by atoms with E-state index in [9.17, 15) is 9.18 Å². The first-order valence-electron chi connectivity index (χ1n) is 12.1. The highest BCUT2D eigenvalue weighted by Crippen LogP contribution is 2.39. The van der Waals surface area contributed by atoms with Crippen LogP contribution in [0.4, 0.5) is 4.39 Å². The fourth-order valence-corrected chi connectivity index (χ4v) is 4.30. The van der Waals surface area contributed by atoms with Crippen molar-refractivity contribution in [1.29, 1.82) is 0 Å². The molecule has 1 heterocycles. The topological polar surface area (TPSA) is 82.6 Å². The molecule has 1 unspecified atom stereocenters. The van der Waals surface area contributed by atoms with Crippen LogP contribution in [0.5, 0.6) is 5.75 Å². The molecule has 0 fully saturated rings. The average molecular weight is 497 g/mol. The highest BCUT2D eigenvalue weighted by atomic mass is 19.1. The van der Waals surface area contributed by atoms with Gasteiger partial charge in [-0.2, -0.15) is 0 Å². The normalized spacial score (nSPS) is 13.3. The summed E-state index contributed by atoms with van der Waals surface area (Å²) in [6, 6.07) is 17.2. The molecule has 2 atom stereocenters. The monoisotopic (exact) mass is 496 g/mol. The number of benzene rings is 2. The zero-order valence-electron chi connectivity index (χ0n) is 21.8. The highest BCUT2D eigenvalue weighted by Gasteiger charge is 2.39. The van der Waals surface area contributed by atoms with Gasteiger partial charge in [-0.15, -0.1) is 0 Å². The first-order chi connectivity index (χ1) is 17.2. The Bertz CT molecular complexity index is 1110. The molecule has 1 amide bonds. The number of halogens is 1. The Morgan fingerprint density at radius 1 is 1.11 bits per heavy atom. The molecule has 194 valence electrons. The first kappa shape index (κ1) is 27.4. The van der Waals surface area contributed by atoms with Gasteiger partial charge in [-0.25, -0.2) is 9.37 Å². The first-order valence-corrected chi connectivity index (χ1v) is 12.1. The Kier molecular flexibility index (Phi) is 9.23. The number of hydrogen-bond acceptors (Lipinski definition) is 5. The Labute approximate surface area is 213 Å². The number of hydrogen-bond donors (Lipinski definition) is 1. The van der Waals surface area contributed by atoms with Crippen LogP contribution in [0.25, 0.3) is 11.3 Å². The largest absolute Gasteiger partial charge is 0.497 e. The summed E-state index contributed by atoms with van der Waals surface area (Å²) >= 11 is 0. The maximum atomic E-state index is 14.6. The van der Waals surface area contributed by atoms with E-state index in [-0.39, 0.29) is 25.6 Å². The molecule has 0 radical (unpaired) electrons. The van der Waals surface area contributed by atoms with E-state index in [0.717, 1.165) is 22.6 Å². The third kappa shape index (κ3) is 6.71. The Balaban J connectivity index is 2.16. The summed E-state index contributed by atoms with van der Waals surface area (Å²) in [4.78, 5) is 19.8. The van der Waals surface area contributed by atoms with Crippen LogP contribution < -0.4 is 10.5 Å². The van der Waals surface area contributed by atoms with Crippen LogP contribution in [0.3, 0.4) is 0 Å². The minimum Gasteiger partial charge on any atom is -0.497 e. The second-order valence-corrected chi connectivity index (χ2v) is 9.91. The highest BCUT2D eigenvalue weighted by molar-refractivity contribution is 5.78. The molecule has 0 aliphatic carbocycles. The maximum Gasteiger partial charge on any atom is 0.249 e. The minimum absolute atomic E-state index is 0.142. The maximum absolute atomic E-state index is 14.6. The van der Waals surface area contributed by atoms with Crippen LogP contribution in [0.15, 0.2) is 60.8 Å². The molecule has 0 spiro atoms. The number of nitrogens with two attached hydrogens (primary N) is 1. The lowest BCUT2D eigenvalue weighted by Crippen LogP contribution is -2.47. The van der Waals surface area contributed by atoms with Crippen molar-refractivity contribution in [2.45, 2.75) is 39.5 Å². The van der Waals surface area contributed by atoms with Gasteiger partial charge in [0.15, 0.2) is 0 Å². The lowest BCUT2D eigenvalue weighted by atomic mass is 9.84. The third-order valence-electron chi connectivity index (χ3n) is 6.00. The van der Waals surface area contributed by atoms with Gasteiger partial charge in [0.1, 0.15) is 24.4 Å². The smallest absolute Gasteiger partial charge is 0.249 e. The second kappa shape index (κ2) is 12.1.